The van der Waals surface area contributed by atoms with Crippen LogP contribution in [0.3, 0.4) is 0 Å². The molecule has 76 valence electrons. The molecule has 1 aliphatic rings. The van der Waals surface area contributed by atoms with Crippen LogP contribution in [0.1, 0.15) is 11.7 Å². The molecule has 2 rings (SSSR count). The Morgan fingerprint density at radius 3 is 2.21 bits per heavy atom. The molecule has 4 heteroatoms. The lowest BCUT2D eigenvalue weighted by Gasteiger charge is -2.30. The maximum Gasteiger partial charge on any atom is 0.136 e. The third-order valence-electron chi connectivity index (χ3n) is 2.50. The number of alkyl halides is 1. The van der Waals surface area contributed by atoms with Gasteiger partial charge in [-0.25, -0.2) is 13.2 Å². The van der Waals surface area contributed by atoms with Crippen molar-refractivity contribution in [3.05, 3.63) is 35.4 Å². The molecule has 1 nitrogen and oxygen atoms in total. The highest BCUT2D eigenvalue weighted by molar-refractivity contribution is 5.23. The van der Waals surface area contributed by atoms with Gasteiger partial charge in [-0.15, -0.1) is 0 Å². The summed E-state index contributed by atoms with van der Waals surface area (Å²) in [6.45, 7) is 0.962. The second-order valence-corrected chi connectivity index (χ2v) is 3.46. The summed E-state index contributed by atoms with van der Waals surface area (Å²) in [4.78, 5) is 0. The minimum absolute atomic E-state index is 0.304. The molecule has 0 amide bonds. The molecule has 14 heavy (non-hydrogen) atoms. The van der Waals surface area contributed by atoms with Crippen molar-refractivity contribution >= 4 is 0 Å². The largest absolute Gasteiger partial charge is 0.316 e. The van der Waals surface area contributed by atoms with E-state index in [-0.39, 0.29) is 5.92 Å². The van der Waals surface area contributed by atoms with Gasteiger partial charge in [0.25, 0.3) is 0 Å². The van der Waals surface area contributed by atoms with Gasteiger partial charge in [-0.3, -0.25) is 0 Å². The monoisotopic (exact) mass is 201 g/mol. The van der Waals surface area contributed by atoms with Gasteiger partial charge in [0.2, 0.25) is 0 Å². The van der Waals surface area contributed by atoms with Gasteiger partial charge in [-0.2, -0.15) is 0 Å². The predicted molar refractivity (Wildman–Crippen MR) is 46.6 cm³/mol. The van der Waals surface area contributed by atoms with Crippen LogP contribution in [0.15, 0.2) is 18.2 Å². The Balaban J connectivity index is 2.29. The summed E-state index contributed by atoms with van der Waals surface area (Å²) in [6.07, 6.45) is -1.54. The summed E-state index contributed by atoms with van der Waals surface area (Å²) in [5, 5.41) is 2.87. The molecule has 0 aromatic heterocycles. The Bertz CT molecular complexity index is 316. The van der Waals surface area contributed by atoms with Crippen molar-refractivity contribution in [2.24, 2.45) is 5.92 Å². The van der Waals surface area contributed by atoms with Crippen molar-refractivity contribution in [3.63, 3.8) is 0 Å². The van der Waals surface area contributed by atoms with Gasteiger partial charge in [-0.05, 0) is 12.1 Å². The summed E-state index contributed by atoms with van der Waals surface area (Å²) in [5.41, 5.74) is -0.431. The SMILES string of the molecule is Fc1cccc(F)c1C(F)C1CNC1. The number of hydrogen-bond donors (Lipinski definition) is 1. The maximum absolute atomic E-state index is 13.6. The van der Waals surface area contributed by atoms with E-state index in [4.69, 9.17) is 0 Å². The summed E-state index contributed by atoms with van der Waals surface area (Å²) in [5.74, 6) is -1.91. The number of hydrogen-bond acceptors (Lipinski definition) is 1. The van der Waals surface area contributed by atoms with Gasteiger partial charge in [-0.1, -0.05) is 6.07 Å². The summed E-state index contributed by atoms with van der Waals surface area (Å²) >= 11 is 0. The van der Waals surface area contributed by atoms with E-state index in [1.165, 1.54) is 6.07 Å². The quantitative estimate of drug-likeness (QED) is 0.773. The van der Waals surface area contributed by atoms with Crippen LogP contribution in [-0.2, 0) is 0 Å². The Labute approximate surface area is 79.9 Å². The average molecular weight is 201 g/mol. The normalized spacial score (nSPS) is 19.1. The van der Waals surface area contributed by atoms with Gasteiger partial charge in [0, 0.05) is 19.0 Å². The zero-order valence-corrected chi connectivity index (χ0v) is 7.43. The Morgan fingerprint density at radius 1 is 1.21 bits per heavy atom. The summed E-state index contributed by atoms with van der Waals surface area (Å²) in [7, 11) is 0. The van der Waals surface area contributed by atoms with E-state index in [0.29, 0.717) is 13.1 Å². The van der Waals surface area contributed by atoms with E-state index >= 15 is 0 Å². The average Bonchev–Trinajstić information content (AvgIpc) is 2.00. The fourth-order valence-corrected chi connectivity index (χ4v) is 1.53. The lowest BCUT2D eigenvalue weighted by atomic mass is 9.92. The number of benzene rings is 1. The van der Waals surface area contributed by atoms with Gasteiger partial charge in [0.1, 0.15) is 17.8 Å². The van der Waals surface area contributed by atoms with Crippen LogP contribution in [0.2, 0.25) is 0 Å². The first-order chi connectivity index (χ1) is 6.70. The Kier molecular flexibility index (Phi) is 2.46. The lowest BCUT2D eigenvalue weighted by molar-refractivity contribution is 0.163. The van der Waals surface area contributed by atoms with E-state index in [9.17, 15) is 13.2 Å². The number of nitrogens with one attached hydrogen (secondary N) is 1. The van der Waals surface area contributed by atoms with Crippen molar-refractivity contribution < 1.29 is 13.2 Å². The molecule has 1 N–H and O–H groups in total. The van der Waals surface area contributed by atoms with Crippen molar-refractivity contribution in [3.8, 4) is 0 Å². The van der Waals surface area contributed by atoms with Crippen molar-refractivity contribution in [2.45, 2.75) is 6.17 Å². The van der Waals surface area contributed by atoms with Crippen LogP contribution >= 0.6 is 0 Å². The molecule has 1 heterocycles. The standard InChI is InChI=1S/C10H10F3N/c11-7-2-1-3-8(12)9(7)10(13)6-4-14-5-6/h1-3,6,10,14H,4-5H2. The molecule has 0 saturated carbocycles. The van der Waals surface area contributed by atoms with E-state index in [2.05, 4.69) is 5.32 Å². The molecule has 1 unspecified atom stereocenters. The van der Waals surface area contributed by atoms with Crippen molar-refractivity contribution in [2.75, 3.05) is 13.1 Å². The third kappa shape index (κ3) is 1.50. The van der Waals surface area contributed by atoms with Crippen LogP contribution < -0.4 is 5.32 Å². The first-order valence-corrected chi connectivity index (χ1v) is 4.49. The Morgan fingerprint density at radius 2 is 1.79 bits per heavy atom. The molecule has 0 spiro atoms. The highest BCUT2D eigenvalue weighted by atomic mass is 19.2. The molecule has 1 aromatic carbocycles. The van der Waals surface area contributed by atoms with Gasteiger partial charge in [0.15, 0.2) is 0 Å². The molecule has 0 bridgehead atoms. The fraction of sp³-hybridized carbons (Fsp3) is 0.400. The molecule has 1 saturated heterocycles. The van der Waals surface area contributed by atoms with Gasteiger partial charge >= 0.3 is 0 Å². The maximum atomic E-state index is 13.6. The number of halogens is 3. The predicted octanol–water partition coefficient (Wildman–Crippen LogP) is 2.19. The van der Waals surface area contributed by atoms with E-state index in [1.54, 1.807) is 0 Å². The summed E-state index contributed by atoms with van der Waals surface area (Å²) in [6, 6.07) is 3.40. The molecule has 0 radical (unpaired) electrons. The molecule has 1 aromatic rings. The third-order valence-corrected chi connectivity index (χ3v) is 2.50. The minimum atomic E-state index is -1.54. The second kappa shape index (κ2) is 3.61. The fourth-order valence-electron chi connectivity index (χ4n) is 1.53. The van der Waals surface area contributed by atoms with Crippen molar-refractivity contribution in [1.29, 1.82) is 0 Å². The first-order valence-electron chi connectivity index (χ1n) is 4.49. The molecule has 0 aliphatic carbocycles. The molecule has 1 aliphatic heterocycles. The minimum Gasteiger partial charge on any atom is -0.316 e. The topological polar surface area (TPSA) is 12.0 Å². The molecular weight excluding hydrogens is 191 g/mol. The lowest BCUT2D eigenvalue weighted by Crippen LogP contribution is -2.44. The highest BCUT2D eigenvalue weighted by Crippen LogP contribution is 2.32. The second-order valence-electron chi connectivity index (χ2n) is 3.46. The smallest absolute Gasteiger partial charge is 0.136 e. The van der Waals surface area contributed by atoms with E-state index in [0.717, 1.165) is 12.1 Å². The Hall–Kier alpha value is -1.03. The zero-order valence-electron chi connectivity index (χ0n) is 7.43. The molecule has 1 atom stereocenters. The van der Waals surface area contributed by atoms with Gasteiger partial charge in [0.05, 0.1) is 5.56 Å². The van der Waals surface area contributed by atoms with E-state index in [1.807, 2.05) is 0 Å². The number of rotatable bonds is 2. The van der Waals surface area contributed by atoms with Crippen LogP contribution in [0.25, 0.3) is 0 Å². The zero-order chi connectivity index (χ0) is 10.1. The van der Waals surface area contributed by atoms with Crippen LogP contribution in [0.5, 0.6) is 0 Å². The van der Waals surface area contributed by atoms with Crippen LogP contribution in [-0.4, -0.2) is 13.1 Å². The van der Waals surface area contributed by atoms with Crippen molar-refractivity contribution in [1.82, 2.24) is 5.32 Å². The molecule has 1 fully saturated rings. The van der Waals surface area contributed by atoms with E-state index < -0.39 is 23.4 Å². The first kappa shape index (κ1) is 9.52. The summed E-state index contributed by atoms with van der Waals surface area (Å²) < 4.78 is 39.8. The van der Waals surface area contributed by atoms with Gasteiger partial charge < -0.3 is 5.32 Å². The highest BCUT2D eigenvalue weighted by Gasteiger charge is 2.31. The van der Waals surface area contributed by atoms with Crippen LogP contribution in [0, 0.1) is 17.6 Å². The van der Waals surface area contributed by atoms with Crippen LogP contribution in [0.4, 0.5) is 13.2 Å². The molecular formula is C10H10F3N.